The van der Waals surface area contributed by atoms with Crippen LogP contribution in [0.2, 0.25) is 0 Å². The minimum atomic E-state index is -0.310. The Hall–Kier alpha value is -2.48. The lowest BCUT2D eigenvalue weighted by Gasteiger charge is -2.36. The number of benzene rings is 1. The van der Waals surface area contributed by atoms with Crippen LogP contribution in [0.4, 0.5) is 5.95 Å². The number of imidazole rings is 1. The molecule has 0 bridgehead atoms. The molecule has 1 aliphatic carbocycles. The highest BCUT2D eigenvalue weighted by molar-refractivity contribution is 5.81. The number of hydrogen-bond acceptors (Lipinski definition) is 4. The van der Waals surface area contributed by atoms with Gasteiger partial charge in [-0.05, 0) is 25.0 Å². The van der Waals surface area contributed by atoms with Crippen LogP contribution in [0.25, 0.3) is 11.0 Å². The standard InChI is InChI=1S/C15H15N5/c16-9-10-13(17)19-14-18-11-5-1-2-6-12(11)20(14)15(10)7-3-4-8-15/h1-2,5-6H,3-4,7-8,17H2,(H,18,19). The molecular weight excluding hydrogens is 250 g/mol. The summed E-state index contributed by atoms with van der Waals surface area (Å²) in [4.78, 5) is 4.62. The number of fused-ring (bicyclic) bond motifs is 4. The maximum absolute atomic E-state index is 9.56. The Morgan fingerprint density at radius 3 is 2.80 bits per heavy atom. The van der Waals surface area contributed by atoms with Crippen LogP contribution in [0, 0.1) is 11.3 Å². The van der Waals surface area contributed by atoms with Gasteiger partial charge >= 0.3 is 0 Å². The average molecular weight is 265 g/mol. The van der Waals surface area contributed by atoms with Crippen LogP contribution in [0.3, 0.4) is 0 Å². The van der Waals surface area contributed by atoms with Gasteiger partial charge in [-0.1, -0.05) is 25.0 Å². The monoisotopic (exact) mass is 265 g/mol. The lowest BCUT2D eigenvalue weighted by atomic mass is 9.86. The molecule has 3 N–H and O–H groups in total. The van der Waals surface area contributed by atoms with Gasteiger partial charge in [-0.3, -0.25) is 4.57 Å². The fourth-order valence-corrected chi connectivity index (χ4v) is 3.69. The number of rotatable bonds is 0. The number of anilines is 1. The normalized spacial score (nSPS) is 19.9. The minimum Gasteiger partial charge on any atom is -0.384 e. The zero-order valence-electron chi connectivity index (χ0n) is 11.1. The molecule has 0 saturated heterocycles. The van der Waals surface area contributed by atoms with Crippen molar-refractivity contribution in [3.05, 3.63) is 35.7 Å². The number of allylic oxidation sites excluding steroid dienone is 1. The molecule has 1 aromatic heterocycles. The first-order valence-corrected chi connectivity index (χ1v) is 6.91. The third kappa shape index (κ3) is 1.23. The first-order chi connectivity index (χ1) is 9.76. The molecule has 1 aliphatic heterocycles. The van der Waals surface area contributed by atoms with Gasteiger partial charge < -0.3 is 11.1 Å². The van der Waals surface area contributed by atoms with E-state index in [4.69, 9.17) is 5.73 Å². The van der Waals surface area contributed by atoms with E-state index in [1.807, 2.05) is 18.2 Å². The molecule has 5 nitrogen and oxygen atoms in total. The van der Waals surface area contributed by atoms with E-state index in [1.165, 1.54) is 0 Å². The van der Waals surface area contributed by atoms with Gasteiger partial charge in [0.05, 0.1) is 22.1 Å². The van der Waals surface area contributed by atoms with Crippen molar-refractivity contribution >= 4 is 17.0 Å². The van der Waals surface area contributed by atoms with Crippen LogP contribution in [0.15, 0.2) is 35.7 Å². The van der Waals surface area contributed by atoms with E-state index >= 15 is 0 Å². The maximum Gasteiger partial charge on any atom is 0.210 e. The fraction of sp³-hybridized carbons (Fsp3) is 0.333. The molecular formula is C15H15N5. The van der Waals surface area contributed by atoms with Crippen molar-refractivity contribution in [3.63, 3.8) is 0 Å². The summed E-state index contributed by atoms with van der Waals surface area (Å²) >= 11 is 0. The molecule has 20 heavy (non-hydrogen) atoms. The van der Waals surface area contributed by atoms with Gasteiger partial charge in [-0.15, -0.1) is 0 Å². The molecule has 1 spiro atoms. The van der Waals surface area contributed by atoms with Crippen molar-refractivity contribution in [3.8, 4) is 6.07 Å². The van der Waals surface area contributed by atoms with Crippen molar-refractivity contribution in [2.24, 2.45) is 5.73 Å². The number of aromatic nitrogens is 2. The predicted octanol–water partition coefficient (Wildman–Crippen LogP) is 2.42. The van der Waals surface area contributed by atoms with E-state index in [-0.39, 0.29) is 5.54 Å². The fourth-order valence-electron chi connectivity index (χ4n) is 3.69. The topological polar surface area (TPSA) is 79.7 Å². The van der Waals surface area contributed by atoms with E-state index < -0.39 is 0 Å². The number of nitrogens with zero attached hydrogens (tertiary/aromatic N) is 3. The Bertz CT molecular complexity index is 771. The number of nitriles is 1. The second-order valence-electron chi connectivity index (χ2n) is 5.52. The Labute approximate surface area is 116 Å². The summed E-state index contributed by atoms with van der Waals surface area (Å²) in [6.07, 6.45) is 4.13. The first kappa shape index (κ1) is 11.4. The molecule has 0 unspecified atom stereocenters. The Kier molecular flexibility index (Phi) is 2.14. The summed E-state index contributed by atoms with van der Waals surface area (Å²) in [5, 5.41) is 12.6. The van der Waals surface area contributed by atoms with Crippen LogP contribution in [0.5, 0.6) is 0 Å². The zero-order valence-corrected chi connectivity index (χ0v) is 11.1. The van der Waals surface area contributed by atoms with Crippen LogP contribution in [-0.2, 0) is 5.54 Å². The van der Waals surface area contributed by atoms with Crippen molar-refractivity contribution < 1.29 is 0 Å². The highest BCUT2D eigenvalue weighted by Gasteiger charge is 2.45. The summed E-state index contributed by atoms with van der Waals surface area (Å²) in [5.41, 5.74) is 8.43. The number of para-hydroxylation sites is 2. The third-order valence-corrected chi connectivity index (χ3v) is 4.51. The molecule has 100 valence electrons. The van der Waals surface area contributed by atoms with Gasteiger partial charge in [0.1, 0.15) is 11.9 Å². The van der Waals surface area contributed by atoms with Gasteiger partial charge in [0.2, 0.25) is 5.95 Å². The van der Waals surface area contributed by atoms with Crippen molar-refractivity contribution in [2.45, 2.75) is 31.2 Å². The van der Waals surface area contributed by atoms with Gasteiger partial charge in [0, 0.05) is 0 Å². The molecule has 2 heterocycles. The maximum atomic E-state index is 9.56. The summed E-state index contributed by atoms with van der Waals surface area (Å²) in [6, 6.07) is 10.4. The zero-order chi connectivity index (χ0) is 13.7. The lowest BCUT2D eigenvalue weighted by Crippen LogP contribution is -2.40. The Morgan fingerprint density at radius 1 is 1.30 bits per heavy atom. The highest BCUT2D eigenvalue weighted by Crippen LogP contribution is 2.48. The van der Waals surface area contributed by atoms with Crippen LogP contribution < -0.4 is 11.1 Å². The van der Waals surface area contributed by atoms with E-state index in [0.717, 1.165) is 42.7 Å². The second-order valence-corrected chi connectivity index (χ2v) is 5.52. The predicted molar refractivity (Wildman–Crippen MR) is 76.6 cm³/mol. The molecule has 2 aliphatic rings. The van der Waals surface area contributed by atoms with Gasteiger partial charge in [-0.25, -0.2) is 4.98 Å². The van der Waals surface area contributed by atoms with E-state index in [2.05, 4.69) is 27.0 Å². The lowest BCUT2D eigenvalue weighted by molar-refractivity contribution is 0.370. The molecule has 1 fully saturated rings. The molecule has 0 amide bonds. The molecule has 2 aromatic rings. The summed E-state index contributed by atoms with van der Waals surface area (Å²) < 4.78 is 2.18. The summed E-state index contributed by atoms with van der Waals surface area (Å²) in [6.45, 7) is 0. The van der Waals surface area contributed by atoms with Crippen LogP contribution in [-0.4, -0.2) is 9.55 Å². The molecule has 1 aromatic carbocycles. The Morgan fingerprint density at radius 2 is 2.05 bits per heavy atom. The third-order valence-electron chi connectivity index (χ3n) is 4.51. The largest absolute Gasteiger partial charge is 0.384 e. The van der Waals surface area contributed by atoms with Gasteiger partial charge in [0.25, 0.3) is 0 Å². The smallest absolute Gasteiger partial charge is 0.210 e. The average Bonchev–Trinajstić information content (AvgIpc) is 3.03. The van der Waals surface area contributed by atoms with Crippen LogP contribution >= 0.6 is 0 Å². The molecule has 5 heteroatoms. The summed E-state index contributed by atoms with van der Waals surface area (Å²) in [7, 11) is 0. The highest BCUT2D eigenvalue weighted by atomic mass is 15.3. The summed E-state index contributed by atoms with van der Waals surface area (Å²) in [5.74, 6) is 1.21. The minimum absolute atomic E-state index is 0.310. The van der Waals surface area contributed by atoms with Gasteiger partial charge in [0.15, 0.2) is 0 Å². The van der Waals surface area contributed by atoms with E-state index in [1.54, 1.807) is 0 Å². The second kappa shape index (κ2) is 3.76. The van der Waals surface area contributed by atoms with Crippen LogP contribution in [0.1, 0.15) is 25.7 Å². The molecule has 0 atom stereocenters. The number of nitrogens with one attached hydrogen (secondary N) is 1. The molecule has 1 saturated carbocycles. The molecule has 4 rings (SSSR count). The SMILES string of the molecule is N#CC1=C(N)Nc2nc3ccccc3n2C12CCCC2. The van der Waals surface area contributed by atoms with E-state index in [9.17, 15) is 5.26 Å². The number of hydrogen-bond donors (Lipinski definition) is 2. The van der Waals surface area contributed by atoms with Crippen molar-refractivity contribution in [1.82, 2.24) is 9.55 Å². The van der Waals surface area contributed by atoms with Gasteiger partial charge in [-0.2, -0.15) is 5.26 Å². The quantitative estimate of drug-likeness (QED) is 0.766. The molecule has 0 radical (unpaired) electrons. The first-order valence-electron chi connectivity index (χ1n) is 6.91. The van der Waals surface area contributed by atoms with Crippen molar-refractivity contribution in [2.75, 3.05) is 5.32 Å². The van der Waals surface area contributed by atoms with Crippen molar-refractivity contribution in [1.29, 1.82) is 5.26 Å². The van der Waals surface area contributed by atoms with E-state index in [0.29, 0.717) is 11.4 Å². The number of nitrogens with two attached hydrogens (primary N) is 1. The Balaban J connectivity index is 2.08.